The summed E-state index contributed by atoms with van der Waals surface area (Å²) >= 11 is 5.70. The summed E-state index contributed by atoms with van der Waals surface area (Å²) in [5.41, 5.74) is -3.89. The molecule has 0 saturated heterocycles. The number of nitro benzene ring substituents is 2. The number of aromatic nitrogens is 1. The minimum absolute atomic E-state index is 0.0379. The van der Waals surface area contributed by atoms with E-state index in [0.717, 1.165) is 6.07 Å². The van der Waals surface area contributed by atoms with E-state index in [2.05, 4.69) is 4.98 Å². The number of fused-ring (bicyclic) bond motifs is 1. The van der Waals surface area contributed by atoms with Crippen molar-refractivity contribution in [2.24, 2.45) is 0 Å². The molecule has 0 amide bonds. The van der Waals surface area contributed by atoms with Crippen molar-refractivity contribution in [2.45, 2.75) is 0 Å². The molecule has 2 aromatic heterocycles. The van der Waals surface area contributed by atoms with Crippen LogP contribution in [-0.4, -0.2) is 19.9 Å². The van der Waals surface area contributed by atoms with Crippen LogP contribution in [0.3, 0.4) is 0 Å². The molecule has 0 atom stereocenters. The number of hydrogen-bond donors (Lipinski definition) is 1. The van der Waals surface area contributed by atoms with Gasteiger partial charge in [-0.3, -0.25) is 25.2 Å². The van der Waals surface area contributed by atoms with E-state index in [4.69, 9.17) is 16.0 Å². The number of rotatable bonds is 3. The summed E-state index contributed by atoms with van der Waals surface area (Å²) in [5.74, 6) is -0.729. The van der Waals surface area contributed by atoms with Gasteiger partial charge in [0.1, 0.15) is 11.3 Å². The van der Waals surface area contributed by atoms with E-state index in [1.807, 2.05) is 0 Å². The predicted molar refractivity (Wildman–Crippen MR) is 85.7 cm³/mol. The Morgan fingerprint density at radius 3 is 2.48 bits per heavy atom. The zero-order chi connectivity index (χ0) is 18.3. The van der Waals surface area contributed by atoms with Crippen molar-refractivity contribution in [1.82, 2.24) is 4.98 Å². The van der Waals surface area contributed by atoms with Crippen LogP contribution in [0.5, 0.6) is 5.75 Å². The van der Waals surface area contributed by atoms with Gasteiger partial charge in [-0.25, -0.2) is 4.79 Å². The van der Waals surface area contributed by atoms with Gasteiger partial charge in [0.15, 0.2) is 5.02 Å². The Labute approximate surface area is 142 Å². The van der Waals surface area contributed by atoms with Gasteiger partial charge in [-0.1, -0.05) is 17.7 Å². The molecule has 11 heteroatoms. The van der Waals surface area contributed by atoms with Crippen molar-refractivity contribution in [3.63, 3.8) is 0 Å². The van der Waals surface area contributed by atoms with E-state index in [0.29, 0.717) is 0 Å². The first-order valence-electron chi connectivity index (χ1n) is 6.55. The lowest BCUT2D eigenvalue weighted by Gasteiger charge is -2.07. The molecule has 0 spiro atoms. The normalized spacial score (nSPS) is 10.8. The van der Waals surface area contributed by atoms with Crippen LogP contribution in [-0.2, 0) is 0 Å². The average Bonchev–Trinajstić information content (AvgIpc) is 2.54. The molecule has 0 aliphatic carbocycles. The van der Waals surface area contributed by atoms with Gasteiger partial charge >= 0.3 is 11.3 Å². The van der Waals surface area contributed by atoms with Gasteiger partial charge in [-0.05, 0) is 12.1 Å². The maximum atomic E-state index is 12.2. The van der Waals surface area contributed by atoms with E-state index < -0.39 is 48.6 Å². The number of nitrogens with zero attached hydrogens (tertiary/aromatic N) is 3. The van der Waals surface area contributed by atoms with Gasteiger partial charge < -0.3 is 9.52 Å². The number of halogens is 1. The number of pyridine rings is 1. The molecular formula is C14H6ClN3O7. The Balaban J connectivity index is 2.52. The Kier molecular flexibility index (Phi) is 3.81. The maximum absolute atomic E-state index is 12.2. The molecule has 10 nitrogen and oxygen atoms in total. The van der Waals surface area contributed by atoms with Gasteiger partial charge in [0.2, 0.25) is 5.58 Å². The molecule has 0 aliphatic rings. The second-order valence-electron chi connectivity index (χ2n) is 4.78. The fourth-order valence-electron chi connectivity index (χ4n) is 2.30. The largest absolute Gasteiger partial charge is 0.506 e. The quantitative estimate of drug-likeness (QED) is 0.423. The van der Waals surface area contributed by atoms with Crippen molar-refractivity contribution in [2.75, 3.05) is 0 Å². The Morgan fingerprint density at radius 1 is 1.20 bits per heavy atom. The molecule has 0 fully saturated rings. The molecule has 25 heavy (non-hydrogen) atoms. The van der Waals surface area contributed by atoms with Crippen LogP contribution < -0.4 is 5.63 Å². The van der Waals surface area contributed by atoms with Crippen LogP contribution in [0, 0.1) is 20.2 Å². The number of aromatic hydroxyl groups is 1. The van der Waals surface area contributed by atoms with Gasteiger partial charge in [-0.15, -0.1) is 0 Å². The van der Waals surface area contributed by atoms with Crippen LogP contribution in [0.25, 0.3) is 22.2 Å². The van der Waals surface area contributed by atoms with Crippen LogP contribution in [0.4, 0.5) is 11.4 Å². The van der Waals surface area contributed by atoms with Crippen molar-refractivity contribution in [3.8, 4) is 17.0 Å². The zero-order valence-electron chi connectivity index (χ0n) is 12.0. The van der Waals surface area contributed by atoms with E-state index in [9.17, 15) is 30.1 Å². The molecule has 0 unspecified atom stereocenters. The van der Waals surface area contributed by atoms with Gasteiger partial charge in [0.25, 0.3) is 5.69 Å². The molecule has 0 saturated carbocycles. The lowest BCUT2D eigenvalue weighted by atomic mass is 10.1. The van der Waals surface area contributed by atoms with E-state index in [-0.39, 0.29) is 11.3 Å². The molecular weight excluding hydrogens is 358 g/mol. The Hall–Kier alpha value is -3.53. The summed E-state index contributed by atoms with van der Waals surface area (Å²) in [5, 5.41) is 31.5. The van der Waals surface area contributed by atoms with Crippen LogP contribution in [0.15, 0.2) is 39.7 Å². The molecule has 0 aliphatic heterocycles. The van der Waals surface area contributed by atoms with E-state index in [1.54, 1.807) is 6.07 Å². The first kappa shape index (κ1) is 16.3. The summed E-state index contributed by atoms with van der Waals surface area (Å²) in [6.45, 7) is 0. The lowest BCUT2D eigenvalue weighted by molar-refractivity contribution is -0.393. The Morgan fingerprint density at radius 2 is 1.92 bits per heavy atom. The van der Waals surface area contributed by atoms with Crippen molar-refractivity contribution in [3.05, 3.63) is 66.1 Å². The third kappa shape index (κ3) is 2.54. The highest BCUT2D eigenvalue weighted by atomic mass is 35.5. The molecule has 0 bridgehead atoms. The summed E-state index contributed by atoms with van der Waals surface area (Å²) in [6, 6.07) is 5.31. The number of hydrogen-bond acceptors (Lipinski definition) is 8. The second kappa shape index (κ2) is 5.83. The topological polar surface area (TPSA) is 150 Å². The van der Waals surface area contributed by atoms with Crippen molar-refractivity contribution in [1.29, 1.82) is 0 Å². The molecule has 0 radical (unpaired) electrons. The summed E-state index contributed by atoms with van der Waals surface area (Å²) in [7, 11) is 0. The summed E-state index contributed by atoms with van der Waals surface area (Å²) in [6.07, 6.45) is 1.35. The molecule has 1 N–H and O–H groups in total. The van der Waals surface area contributed by atoms with E-state index >= 15 is 0 Å². The highest BCUT2D eigenvalue weighted by Gasteiger charge is 2.32. The minimum atomic E-state index is -1.10. The third-order valence-corrected chi connectivity index (χ3v) is 3.74. The highest BCUT2D eigenvalue weighted by molar-refractivity contribution is 6.36. The molecule has 126 valence electrons. The van der Waals surface area contributed by atoms with Crippen LogP contribution in [0.1, 0.15) is 0 Å². The van der Waals surface area contributed by atoms with Crippen molar-refractivity contribution < 1.29 is 19.4 Å². The fraction of sp³-hybridized carbons (Fsp3) is 0. The minimum Gasteiger partial charge on any atom is -0.506 e. The van der Waals surface area contributed by atoms with Crippen molar-refractivity contribution >= 4 is 33.9 Å². The second-order valence-corrected chi connectivity index (χ2v) is 5.16. The van der Waals surface area contributed by atoms with Gasteiger partial charge in [-0.2, -0.15) is 0 Å². The van der Waals surface area contributed by atoms with Gasteiger partial charge in [0.05, 0.1) is 20.9 Å². The smallest absolute Gasteiger partial charge is 0.349 e. The first-order chi connectivity index (χ1) is 11.8. The molecule has 3 rings (SSSR count). The number of benzene rings is 1. The fourth-order valence-corrected chi connectivity index (χ4v) is 2.58. The monoisotopic (exact) mass is 363 g/mol. The maximum Gasteiger partial charge on any atom is 0.349 e. The Bertz CT molecular complexity index is 1100. The van der Waals surface area contributed by atoms with Gasteiger partial charge in [0, 0.05) is 12.3 Å². The highest BCUT2D eigenvalue weighted by Crippen LogP contribution is 2.44. The van der Waals surface area contributed by atoms with Crippen LogP contribution >= 0.6 is 11.6 Å². The lowest BCUT2D eigenvalue weighted by Crippen LogP contribution is -2.06. The zero-order valence-corrected chi connectivity index (χ0v) is 12.8. The van der Waals surface area contributed by atoms with E-state index in [1.165, 1.54) is 18.3 Å². The summed E-state index contributed by atoms with van der Waals surface area (Å²) in [4.78, 5) is 36.4. The molecule has 1 aromatic carbocycles. The molecule has 2 heterocycles. The third-order valence-electron chi connectivity index (χ3n) is 3.36. The number of nitro groups is 2. The summed E-state index contributed by atoms with van der Waals surface area (Å²) < 4.78 is 4.93. The SMILES string of the molecule is O=c1oc2c([N+](=O)[O-])c(Cl)c([N+](=O)[O-])cc2c(O)c1-c1ccccn1. The average molecular weight is 364 g/mol. The molecule has 3 aromatic rings. The van der Waals surface area contributed by atoms with Crippen LogP contribution in [0.2, 0.25) is 5.02 Å². The predicted octanol–water partition coefficient (Wildman–Crippen LogP) is 3.03. The first-order valence-corrected chi connectivity index (χ1v) is 6.93. The standard InChI is InChI=1S/C14H6ClN3O7/c15-10-8(17(21)22)5-6-12(19)9(7-3-1-2-4-16-7)14(20)25-13(6)11(10)18(23)24/h1-5,19H.